The molecular weight excluding hydrogens is 264 g/mol. The SMILES string of the molecule is CC(C)CC(O)CNC(=O)C(C)c1c(F)cccc1F. The number of nitrogens with one attached hydrogen (secondary N) is 1. The van der Waals surface area contributed by atoms with Gasteiger partial charge in [-0.3, -0.25) is 4.79 Å². The van der Waals surface area contributed by atoms with Crippen LogP contribution in [0.25, 0.3) is 0 Å². The van der Waals surface area contributed by atoms with Gasteiger partial charge >= 0.3 is 0 Å². The minimum Gasteiger partial charge on any atom is -0.391 e. The molecule has 0 aliphatic heterocycles. The summed E-state index contributed by atoms with van der Waals surface area (Å²) in [7, 11) is 0. The van der Waals surface area contributed by atoms with Crippen molar-refractivity contribution in [3.05, 3.63) is 35.4 Å². The average Bonchev–Trinajstić information content (AvgIpc) is 2.34. The minimum absolute atomic E-state index is 0.0808. The summed E-state index contributed by atoms with van der Waals surface area (Å²) in [4.78, 5) is 11.9. The quantitative estimate of drug-likeness (QED) is 0.844. The van der Waals surface area contributed by atoms with E-state index in [0.717, 1.165) is 12.1 Å². The van der Waals surface area contributed by atoms with Gasteiger partial charge in [0.1, 0.15) is 11.6 Å². The van der Waals surface area contributed by atoms with E-state index < -0.39 is 29.6 Å². The van der Waals surface area contributed by atoms with Crippen LogP contribution in [0.3, 0.4) is 0 Å². The van der Waals surface area contributed by atoms with Gasteiger partial charge in [0.05, 0.1) is 12.0 Å². The van der Waals surface area contributed by atoms with E-state index in [1.807, 2.05) is 13.8 Å². The van der Waals surface area contributed by atoms with Crippen molar-refractivity contribution in [2.75, 3.05) is 6.54 Å². The largest absolute Gasteiger partial charge is 0.391 e. The Kier molecular flexibility index (Phi) is 6.07. The molecule has 0 aromatic heterocycles. The van der Waals surface area contributed by atoms with E-state index in [-0.39, 0.29) is 12.1 Å². The number of amides is 1. The molecule has 112 valence electrons. The Morgan fingerprint density at radius 1 is 1.25 bits per heavy atom. The van der Waals surface area contributed by atoms with Crippen molar-refractivity contribution in [1.82, 2.24) is 5.32 Å². The van der Waals surface area contributed by atoms with Crippen molar-refractivity contribution in [2.45, 2.75) is 39.2 Å². The van der Waals surface area contributed by atoms with Crippen LogP contribution in [0.1, 0.15) is 38.7 Å². The third-order valence-corrected chi connectivity index (χ3v) is 3.08. The third-order valence-electron chi connectivity index (χ3n) is 3.08. The molecular formula is C15H21F2NO2. The van der Waals surface area contributed by atoms with Gasteiger partial charge in [-0.15, -0.1) is 0 Å². The Hall–Kier alpha value is -1.49. The first-order valence-electron chi connectivity index (χ1n) is 6.72. The number of aliphatic hydroxyl groups is 1. The molecule has 0 spiro atoms. The highest BCUT2D eigenvalue weighted by Crippen LogP contribution is 2.22. The zero-order valence-corrected chi connectivity index (χ0v) is 12.0. The van der Waals surface area contributed by atoms with E-state index in [0.29, 0.717) is 12.3 Å². The Morgan fingerprint density at radius 2 is 1.80 bits per heavy atom. The van der Waals surface area contributed by atoms with E-state index in [9.17, 15) is 18.7 Å². The van der Waals surface area contributed by atoms with Crippen LogP contribution in [-0.2, 0) is 4.79 Å². The summed E-state index contributed by atoms with van der Waals surface area (Å²) < 4.78 is 27.1. The Bertz CT molecular complexity index is 443. The maximum Gasteiger partial charge on any atom is 0.227 e. The van der Waals surface area contributed by atoms with E-state index >= 15 is 0 Å². The lowest BCUT2D eigenvalue weighted by Gasteiger charge is -2.17. The first-order valence-corrected chi connectivity index (χ1v) is 6.72. The van der Waals surface area contributed by atoms with Crippen molar-refractivity contribution < 1.29 is 18.7 Å². The molecule has 0 heterocycles. The molecule has 0 aliphatic rings. The van der Waals surface area contributed by atoms with Crippen molar-refractivity contribution in [1.29, 1.82) is 0 Å². The molecule has 3 nitrogen and oxygen atoms in total. The molecule has 0 radical (unpaired) electrons. The number of hydrogen-bond acceptors (Lipinski definition) is 2. The summed E-state index contributed by atoms with van der Waals surface area (Å²) in [6.07, 6.45) is -0.0977. The number of carbonyl (C=O) groups is 1. The Balaban J connectivity index is 2.64. The predicted octanol–water partition coefficient (Wildman–Crippen LogP) is 2.59. The fourth-order valence-electron chi connectivity index (χ4n) is 2.05. The molecule has 0 saturated carbocycles. The van der Waals surface area contributed by atoms with E-state index in [4.69, 9.17) is 0 Å². The van der Waals surface area contributed by atoms with Gasteiger partial charge in [-0.1, -0.05) is 19.9 Å². The number of aliphatic hydroxyl groups excluding tert-OH is 1. The Morgan fingerprint density at radius 3 is 2.30 bits per heavy atom. The number of halogens is 2. The zero-order chi connectivity index (χ0) is 15.3. The monoisotopic (exact) mass is 285 g/mol. The summed E-state index contributed by atoms with van der Waals surface area (Å²) in [5, 5.41) is 12.2. The van der Waals surface area contributed by atoms with Gasteiger partial charge in [0, 0.05) is 12.1 Å². The molecule has 0 aliphatic carbocycles. The summed E-state index contributed by atoms with van der Waals surface area (Å²) in [6, 6.07) is 3.50. The van der Waals surface area contributed by atoms with Crippen LogP contribution in [0.2, 0.25) is 0 Å². The fraction of sp³-hybridized carbons (Fsp3) is 0.533. The smallest absolute Gasteiger partial charge is 0.227 e. The predicted molar refractivity (Wildman–Crippen MR) is 73.2 cm³/mol. The normalized spacial score (nSPS) is 14.2. The average molecular weight is 285 g/mol. The molecule has 1 aromatic carbocycles. The highest BCUT2D eigenvalue weighted by Gasteiger charge is 2.22. The van der Waals surface area contributed by atoms with Crippen molar-refractivity contribution in [2.24, 2.45) is 5.92 Å². The summed E-state index contributed by atoms with van der Waals surface area (Å²) in [5.74, 6) is -2.62. The van der Waals surface area contributed by atoms with E-state index in [1.165, 1.54) is 13.0 Å². The maximum absolute atomic E-state index is 13.6. The minimum atomic E-state index is -0.942. The second-order valence-electron chi connectivity index (χ2n) is 5.39. The molecule has 2 N–H and O–H groups in total. The maximum atomic E-state index is 13.6. The van der Waals surface area contributed by atoms with Gasteiger partial charge in [0.2, 0.25) is 5.91 Å². The van der Waals surface area contributed by atoms with Gasteiger partial charge in [0.25, 0.3) is 0 Å². The zero-order valence-electron chi connectivity index (χ0n) is 12.0. The fourth-order valence-corrected chi connectivity index (χ4v) is 2.05. The van der Waals surface area contributed by atoms with E-state index in [2.05, 4.69) is 5.32 Å². The first-order chi connectivity index (χ1) is 9.32. The third kappa shape index (κ3) is 4.56. The summed E-state index contributed by atoms with van der Waals surface area (Å²) >= 11 is 0. The van der Waals surface area contributed by atoms with Crippen LogP contribution in [-0.4, -0.2) is 23.7 Å². The standard InChI is InChI=1S/C15H21F2NO2/c1-9(2)7-11(19)8-18-15(20)10(3)14-12(16)5-4-6-13(14)17/h4-6,9-11,19H,7-8H2,1-3H3,(H,18,20). The van der Waals surface area contributed by atoms with Crippen molar-refractivity contribution in [3.8, 4) is 0 Å². The topological polar surface area (TPSA) is 49.3 Å². The molecule has 0 fully saturated rings. The lowest BCUT2D eigenvalue weighted by atomic mass is 9.98. The Labute approximate surface area is 118 Å². The van der Waals surface area contributed by atoms with Gasteiger partial charge in [-0.05, 0) is 31.4 Å². The van der Waals surface area contributed by atoms with Crippen LogP contribution in [0.15, 0.2) is 18.2 Å². The number of hydrogen-bond donors (Lipinski definition) is 2. The lowest BCUT2D eigenvalue weighted by Crippen LogP contribution is -2.35. The van der Waals surface area contributed by atoms with Crippen LogP contribution in [0, 0.1) is 17.6 Å². The molecule has 2 atom stereocenters. The van der Waals surface area contributed by atoms with Crippen LogP contribution in [0.4, 0.5) is 8.78 Å². The molecule has 1 amide bonds. The molecule has 0 bridgehead atoms. The summed E-state index contributed by atoms with van der Waals surface area (Å²) in [5.41, 5.74) is -0.247. The molecule has 0 saturated heterocycles. The van der Waals surface area contributed by atoms with Crippen LogP contribution in [0.5, 0.6) is 0 Å². The van der Waals surface area contributed by atoms with E-state index in [1.54, 1.807) is 0 Å². The molecule has 20 heavy (non-hydrogen) atoms. The van der Waals surface area contributed by atoms with Crippen molar-refractivity contribution >= 4 is 5.91 Å². The van der Waals surface area contributed by atoms with Gasteiger partial charge in [-0.2, -0.15) is 0 Å². The second kappa shape index (κ2) is 7.33. The van der Waals surface area contributed by atoms with Crippen molar-refractivity contribution in [3.63, 3.8) is 0 Å². The van der Waals surface area contributed by atoms with Crippen LogP contribution < -0.4 is 5.32 Å². The lowest BCUT2D eigenvalue weighted by molar-refractivity contribution is -0.122. The molecule has 1 rings (SSSR count). The number of benzene rings is 1. The van der Waals surface area contributed by atoms with Gasteiger partial charge in [-0.25, -0.2) is 8.78 Å². The number of rotatable bonds is 6. The van der Waals surface area contributed by atoms with Gasteiger partial charge in [0.15, 0.2) is 0 Å². The van der Waals surface area contributed by atoms with Crippen LogP contribution >= 0.6 is 0 Å². The highest BCUT2D eigenvalue weighted by molar-refractivity contribution is 5.83. The second-order valence-corrected chi connectivity index (χ2v) is 5.39. The highest BCUT2D eigenvalue weighted by atomic mass is 19.1. The summed E-state index contributed by atoms with van der Waals surface area (Å²) in [6.45, 7) is 5.44. The first kappa shape index (κ1) is 16.6. The molecule has 5 heteroatoms. The molecule has 2 unspecified atom stereocenters. The number of carbonyl (C=O) groups excluding carboxylic acids is 1. The molecule has 1 aromatic rings. The van der Waals surface area contributed by atoms with Gasteiger partial charge < -0.3 is 10.4 Å².